The van der Waals surface area contributed by atoms with E-state index < -0.39 is 7.75 Å². The van der Waals surface area contributed by atoms with Crippen molar-refractivity contribution in [2.45, 2.75) is 53.0 Å². The maximum absolute atomic E-state index is 12.8. The van der Waals surface area contributed by atoms with Crippen LogP contribution in [-0.2, 0) is 13.6 Å². The summed E-state index contributed by atoms with van der Waals surface area (Å²) in [4.78, 5) is 0. The van der Waals surface area contributed by atoms with Gasteiger partial charge in [0.25, 0.3) is 0 Å². The van der Waals surface area contributed by atoms with E-state index in [0.29, 0.717) is 13.2 Å². The summed E-state index contributed by atoms with van der Waals surface area (Å²) in [6, 6.07) is 0. The maximum atomic E-state index is 12.8. The Hall–Kier alpha value is 0.940. The Labute approximate surface area is 122 Å². The zero-order chi connectivity index (χ0) is 14.0. The second-order valence-electron chi connectivity index (χ2n) is 5.74. The summed E-state index contributed by atoms with van der Waals surface area (Å²) in [7, 11) is -1.97. The number of hydrogen-bond acceptors (Lipinski definition) is 4. The Morgan fingerprint density at radius 3 is 2.00 bits per heavy atom. The molecule has 0 spiro atoms. The number of halogens is 1. The first-order valence-corrected chi connectivity index (χ1v) is 10.3. The average molecular weight is 360 g/mol. The summed E-state index contributed by atoms with van der Waals surface area (Å²) in [6.07, 6.45) is 1.95. The fourth-order valence-electron chi connectivity index (χ4n) is 1.79. The first-order valence-electron chi connectivity index (χ1n) is 6.21. The summed E-state index contributed by atoms with van der Waals surface area (Å²) in [5.41, 5.74) is -0.295. The van der Waals surface area contributed by atoms with Crippen LogP contribution in [-0.4, -0.2) is 22.8 Å². The lowest BCUT2D eigenvalue weighted by Crippen LogP contribution is -2.41. The molecule has 7 heteroatoms. The van der Waals surface area contributed by atoms with Crippen LogP contribution in [0.15, 0.2) is 0 Å². The second-order valence-corrected chi connectivity index (χ2v) is 9.23. The number of rotatable bonds is 4. The molecular weight excluding hydrogens is 337 g/mol. The van der Waals surface area contributed by atoms with E-state index in [1.807, 2.05) is 20.8 Å². The van der Waals surface area contributed by atoms with Gasteiger partial charge in [-0.1, -0.05) is 13.8 Å². The van der Waals surface area contributed by atoms with Gasteiger partial charge in [-0.3, -0.25) is 9.05 Å². The molecule has 0 amide bonds. The monoisotopic (exact) mass is 359 g/mol. The number of hydrogen-bond donors (Lipinski definition) is 0. The Balaban J connectivity index is 2.84. The first kappa shape index (κ1) is 17.0. The molecule has 108 valence electrons. The van der Waals surface area contributed by atoms with Gasteiger partial charge in [0.05, 0.1) is 13.2 Å². The average Bonchev–Trinajstić information content (AvgIpc) is 2.29. The normalized spacial score (nSPS) is 23.3. The third-order valence-corrected chi connectivity index (χ3v) is 8.45. The van der Waals surface area contributed by atoms with Gasteiger partial charge in [-0.25, -0.2) is 4.57 Å². The molecular formula is C11H23BrNO3PS. The molecule has 0 radical (unpaired) electrons. The third-order valence-electron chi connectivity index (χ3n) is 3.43. The van der Waals surface area contributed by atoms with Crippen molar-refractivity contribution in [3.8, 4) is 0 Å². The van der Waals surface area contributed by atoms with E-state index in [1.54, 1.807) is 4.08 Å². The van der Waals surface area contributed by atoms with Crippen molar-refractivity contribution in [1.82, 2.24) is 4.08 Å². The Morgan fingerprint density at radius 2 is 1.72 bits per heavy atom. The summed E-state index contributed by atoms with van der Waals surface area (Å²) in [6.45, 7) is 11.2. The highest BCUT2D eigenvalue weighted by Crippen LogP contribution is 2.63. The lowest BCUT2D eigenvalue weighted by Gasteiger charge is -2.43. The fourth-order valence-corrected chi connectivity index (χ4v) is 7.20. The molecule has 4 nitrogen and oxygen atoms in total. The second kappa shape index (κ2) is 6.15. The van der Waals surface area contributed by atoms with E-state index in [9.17, 15) is 4.57 Å². The van der Waals surface area contributed by atoms with Crippen LogP contribution in [0.3, 0.4) is 0 Å². The molecule has 0 atom stereocenters. The fraction of sp³-hybridized carbons (Fsp3) is 1.00. The van der Waals surface area contributed by atoms with Gasteiger partial charge in [0.15, 0.2) is 0 Å². The van der Waals surface area contributed by atoms with E-state index in [1.165, 1.54) is 10.4 Å². The smallest absolute Gasteiger partial charge is 0.295 e. The van der Waals surface area contributed by atoms with Gasteiger partial charge in [0.1, 0.15) is 0 Å². The van der Waals surface area contributed by atoms with Crippen LogP contribution in [0, 0.1) is 5.41 Å². The van der Waals surface area contributed by atoms with Crippen LogP contribution in [0.2, 0.25) is 0 Å². The molecule has 18 heavy (non-hydrogen) atoms. The quantitative estimate of drug-likeness (QED) is 0.521. The first-order chi connectivity index (χ1) is 8.23. The van der Waals surface area contributed by atoms with E-state index in [-0.39, 0.29) is 11.0 Å². The zero-order valence-corrected chi connectivity index (χ0v) is 15.0. The summed E-state index contributed by atoms with van der Waals surface area (Å²) in [5.74, 6) is 0. The summed E-state index contributed by atoms with van der Waals surface area (Å²) >= 11 is 3.30. The predicted octanol–water partition coefficient (Wildman–Crippen LogP) is 5.01. The highest BCUT2D eigenvalue weighted by atomic mass is 79.9. The van der Waals surface area contributed by atoms with E-state index in [2.05, 4.69) is 28.7 Å². The van der Waals surface area contributed by atoms with Crippen LogP contribution >= 0.6 is 32.9 Å². The topological polar surface area (TPSA) is 38.8 Å². The van der Waals surface area contributed by atoms with Crippen LogP contribution in [0.4, 0.5) is 0 Å². The molecule has 0 aromatic rings. The van der Waals surface area contributed by atoms with Crippen molar-refractivity contribution in [1.29, 1.82) is 0 Å². The largest absolute Gasteiger partial charge is 0.419 e. The Bertz CT molecular complexity index is 317. The SMILES string of the molecule is CCC1(CC)COP(=O)(N(SBr)C(C)(C)C)OC1. The van der Waals surface area contributed by atoms with Crippen LogP contribution in [0.1, 0.15) is 47.5 Å². The molecule has 0 aliphatic carbocycles. The van der Waals surface area contributed by atoms with Crippen molar-refractivity contribution in [2.24, 2.45) is 5.41 Å². The standard InChI is InChI=1S/C11H23BrNO3PS/c1-6-11(7-2)8-15-17(14,16-9-11)13(18-12)10(3,4)5/h6-9H2,1-5H3. The molecule has 1 saturated heterocycles. The van der Waals surface area contributed by atoms with Gasteiger partial charge in [-0.05, 0) is 33.6 Å². The summed E-state index contributed by atoms with van der Waals surface area (Å²) < 4.78 is 25.7. The van der Waals surface area contributed by atoms with Crippen molar-refractivity contribution < 1.29 is 13.6 Å². The van der Waals surface area contributed by atoms with Crippen molar-refractivity contribution in [3.63, 3.8) is 0 Å². The van der Waals surface area contributed by atoms with E-state index in [0.717, 1.165) is 12.8 Å². The lowest BCUT2D eigenvalue weighted by molar-refractivity contribution is -0.00223. The van der Waals surface area contributed by atoms with Crippen LogP contribution in [0.5, 0.6) is 0 Å². The van der Waals surface area contributed by atoms with Crippen LogP contribution < -0.4 is 0 Å². The highest BCUT2D eigenvalue weighted by Gasteiger charge is 2.48. The van der Waals surface area contributed by atoms with Gasteiger partial charge in [-0.15, -0.1) is 4.08 Å². The molecule has 0 saturated carbocycles. The van der Waals surface area contributed by atoms with E-state index in [4.69, 9.17) is 9.05 Å². The Morgan fingerprint density at radius 1 is 1.28 bits per heavy atom. The predicted molar refractivity (Wildman–Crippen MR) is 80.6 cm³/mol. The Kier molecular flexibility index (Phi) is 5.80. The van der Waals surface area contributed by atoms with Gasteiger partial charge in [-0.2, -0.15) is 0 Å². The lowest BCUT2D eigenvalue weighted by atomic mass is 9.84. The zero-order valence-electron chi connectivity index (χ0n) is 11.7. The molecule has 0 unspecified atom stereocenters. The number of nitrogens with zero attached hydrogens (tertiary/aromatic N) is 1. The van der Waals surface area contributed by atoms with Crippen molar-refractivity contribution >= 4 is 32.9 Å². The van der Waals surface area contributed by atoms with Crippen molar-refractivity contribution in [3.05, 3.63) is 0 Å². The van der Waals surface area contributed by atoms with Gasteiger partial charge >= 0.3 is 7.75 Å². The van der Waals surface area contributed by atoms with Crippen molar-refractivity contribution in [2.75, 3.05) is 13.2 Å². The molecule has 0 bridgehead atoms. The minimum atomic E-state index is -3.20. The molecule has 1 rings (SSSR count). The molecule has 1 fully saturated rings. The molecule has 0 aromatic heterocycles. The molecule has 1 heterocycles. The van der Waals surface area contributed by atoms with Gasteiger partial charge < -0.3 is 0 Å². The maximum Gasteiger partial charge on any atom is 0.419 e. The molecule has 1 aliphatic heterocycles. The highest BCUT2D eigenvalue weighted by molar-refractivity contribution is 9.49. The summed E-state index contributed by atoms with van der Waals surface area (Å²) in [5, 5.41) is 0. The van der Waals surface area contributed by atoms with E-state index >= 15 is 0 Å². The van der Waals surface area contributed by atoms with Crippen LogP contribution in [0.25, 0.3) is 0 Å². The minimum absolute atomic E-state index is 0.00838. The minimum Gasteiger partial charge on any atom is -0.295 e. The van der Waals surface area contributed by atoms with Gasteiger partial charge in [0, 0.05) is 36.1 Å². The van der Waals surface area contributed by atoms with Gasteiger partial charge in [0.2, 0.25) is 0 Å². The molecule has 0 N–H and O–H groups in total. The third kappa shape index (κ3) is 3.53. The molecule has 0 aromatic carbocycles. The molecule has 1 aliphatic rings.